The van der Waals surface area contributed by atoms with Crippen LogP contribution in [0, 0.1) is 0 Å². The Labute approximate surface area is 153 Å². The molecule has 3 rings (SSSR count). The summed E-state index contributed by atoms with van der Waals surface area (Å²) in [6.07, 6.45) is 1.98. The summed E-state index contributed by atoms with van der Waals surface area (Å²) in [6.45, 7) is 4.31. The molecule has 0 spiro atoms. The third-order valence-electron chi connectivity index (χ3n) is 4.07. The van der Waals surface area contributed by atoms with Crippen LogP contribution in [0.3, 0.4) is 0 Å². The van der Waals surface area contributed by atoms with E-state index in [9.17, 15) is 13.2 Å². The van der Waals surface area contributed by atoms with Crippen LogP contribution >= 0.6 is 0 Å². The van der Waals surface area contributed by atoms with Crippen molar-refractivity contribution in [2.24, 2.45) is 0 Å². The van der Waals surface area contributed by atoms with Gasteiger partial charge in [-0.1, -0.05) is 6.07 Å². The molecule has 6 nitrogen and oxygen atoms in total. The van der Waals surface area contributed by atoms with Crippen molar-refractivity contribution in [3.05, 3.63) is 47.5 Å². The van der Waals surface area contributed by atoms with Crippen molar-refractivity contribution in [3.63, 3.8) is 0 Å². The van der Waals surface area contributed by atoms with Crippen molar-refractivity contribution < 1.29 is 22.7 Å². The molecular weight excluding hydrogens is 354 g/mol. The number of hydrogen-bond donors (Lipinski definition) is 1. The summed E-state index contributed by atoms with van der Waals surface area (Å²) in [6, 6.07) is 9.56. The van der Waals surface area contributed by atoms with E-state index in [2.05, 4.69) is 5.32 Å². The third kappa shape index (κ3) is 3.83. The molecule has 0 fully saturated rings. The molecular formula is C19H21NO5S. The predicted molar refractivity (Wildman–Crippen MR) is 98.9 cm³/mol. The first kappa shape index (κ1) is 18.3. The summed E-state index contributed by atoms with van der Waals surface area (Å²) < 4.78 is 34.8. The maximum Gasteiger partial charge on any atom is 0.255 e. The van der Waals surface area contributed by atoms with Gasteiger partial charge in [-0.25, -0.2) is 8.42 Å². The molecule has 2 aromatic carbocycles. The van der Waals surface area contributed by atoms with E-state index in [-0.39, 0.29) is 16.6 Å². The zero-order valence-electron chi connectivity index (χ0n) is 14.9. The maximum atomic E-state index is 12.6. The van der Waals surface area contributed by atoms with E-state index in [1.54, 1.807) is 18.2 Å². The fourth-order valence-electron chi connectivity index (χ4n) is 2.87. The highest BCUT2D eigenvalue weighted by molar-refractivity contribution is 7.90. The Morgan fingerprint density at radius 3 is 2.77 bits per heavy atom. The van der Waals surface area contributed by atoms with Gasteiger partial charge in [-0.15, -0.1) is 0 Å². The van der Waals surface area contributed by atoms with Crippen molar-refractivity contribution in [2.45, 2.75) is 31.3 Å². The molecule has 1 aliphatic heterocycles. The Morgan fingerprint density at radius 2 is 2.08 bits per heavy atom. The molecule has 0 unspecified atom stereocenters. The van der Waals surface area contributed by atoms with Gasteiger partial charge >= 0.3 is 0 Å². The minimum atomic E-state index is -3.39. The monoisotopic (exact) mass is 375 g/mol. The third-order valence-corrected chi connectivity index (χ3v) is 5.18. The van der Waals surface area contributed by atoms with Crippen molar-refractivity contribution >= 4 is 21.4 Å². The van der Waals surface area contributed by atoms with Crippen molar-refractivity contribution in [3.8, 4) is 11.5 Å². The molecule has 1 atom stereocenters. The Bertz CT molecular complexity index is 952. The standard InChI is InChI=1S/C19H21NO5S/c1-4-24-18-10-14-8-12(2)25-17(14)11-16(18)20-19(21)13-6-5-7-15(9-13)26(3,22)23/h5-7,9-12H,4,8H2,1-3H3,(H,20,21)/t12-/m1/s1. The van der Waals surface area contributed by atoms with E-state index >= 15 is 0 Å². The summed E-state index contributed by atoms with van der Waals surface area (Å²) in [7, 11) is -3.39. The Balaban J connectivity index is 1.91. The van der Waals surface area contributed by atoms with Crippen LogP contribution in [0.2, 0.25) is 0 Å². The van der Waals surface area contributed by atoms with Gasteiger partial charge in [0.05, 0.1) is 17.2 Å². The summed E-state index contributed by atoms with van der Waals surface area (Å²) >= 11 is 0. The Hall–Kier alpha value is -2.54. The maximum absolute atomic E-state index is 12.6. The van der Waals surface area contributed by atoms with Gasteiger partial charge in [0.1, 0.15) is 17.6 Å². The Morgan fingerprint density at radius 1 is 1.31 bits per heavy atom. The molecule has 0 saturated heterocycles. The molecule has 2 aromatic rings. The van der Waals surface area contributed by atoms with Crippen LogP contribution in [-0.2, 0) is 16.3 Å². The molecule has 0 radical (unpaired) electrons. The normalized spacial score (nSPS) is 15.9. The van der Waals surface area contributed by atoms with E-state index in [0.29, 0.717) is 18.0 Å². The van der Waals surface area contributed by atoms with Gasteiger partial charge in [0.25, 0.3) is 5.91 Å². The lowest BCUT2D eigenvalue weighted by Gasteiger charge is -2.14. The minimum Gasteiger partial charge on any atom is -0.492 e. The smallest absolute Gasteiger partial charge is 0.255 e. The zero-order chi connectivity index (χ0) is 18.9. The highest BCUT2D eigenvalue weighted by atomic mass is 32.2. The number of carbonyl (C=O) groups is 1. The van der Waals surface area contributed by atoms with Gasteiger partial charge in [0, 0.05) is 29.9 Å². The number of sulfone groups is 1. The van der Waals surface area contributed by atoms with E-state index < -0.39 is 15.7 Å². The second-order valence-electron chi connectivity index (χ2n) is 6.28. The number of anilines is 1. The summed E-state index contributed by atoms with van der Waals surface area (Å²) in [5.74, 6) is 0.875. The predicted octanol–water partition coefficient (Wildman–Crippen LogP) is 3.06. The number of rotatable bonds is 5. The first-order chi connectivity index (χ1) is 12.3. The molecule has 1 amide bonds. The number of ether oxygens (including phenoxy) is 2. The second kappa shape index (κ2) is 6.99. The van der Waals surface area contributed by atoms with Crippen LogP contribution in [0.4, 0.5) is 5.69 Å². The molecule has 0 bridgehead atoms. The largest absolute Gasteiger partial charge is 0.492 e. The molecule has 138 valence electrons. The lowest BCUT2D eigenvalue weighted by Crippen LogP contribution is -2.14. The first-order valence-electron chi connectivity index (χ1n) is 8.35. The zero-order valence-corrected chi connectivity index (χ0v) is 15.7. The molecule has 7 heteroatoms. The van der Waals surface area contributed by atoms with Crippen LogP contribution in [0.1, 0.15) is 29.8 Å². The number of amides is 1. The number of nitrogens with one attached hydrogen (secondary N) is 1. The number of hydrogen-bond acceptors (Lipinski definition) is 5. The van der Waals surface area contributed by atoms with E-state index in [1.165, 1.54) is 12.1 Å². The average Bonchev–Trinajstić information content (AvgIpc) is 2.93. The number of benzene rings is 2. The van der Waals surface area contributed by atoms with Gasteiger partial charge in [0.15, 0.2) is 9.84 Å². The molecule has 0 aliphatic carbocycles. The number of carbonyl (C=O) groups excluding carboxylic acids is 1. The first-order valence-corrected chi connectivity index (χ1v) is 10.2. The van der Waals surface area contributed by atoms with Gasteiger partial charge in [-0.3, -0.25) is 4.79 Å². The molecule has 0 aromatic heterocycles. The van der Waals surface area contributed by atoms with Crippen LogP contribution in [0.15, 0.2) is 41.3 Å². The van der Waals surface area contributed by atoms with Crippen LogP contribution < -0.4 is 14.8 Å². The fourth-order valence-corrected chi connectivity index (χ4v) is 3.54. The van der Waals surface area contributed by atoms with E-state index in [0.717, 1.165) is 24.0 Å². The van der Waals surface area contributed by atoms with E-state index in [4.69, 9.17) is 9.47 Å². The van der Waals surface area contributed by atoms with E-state index in [1.807, 2.05) is 19.9 Å². The molecule has 0 saturated carbocycles. The van der Waals surface area contributed by atoms with Crippen LogP contribution in [0.5, 0.6) is 11.5 Å². The van der Waals surface area contributed by atoms with Crippen molar-refractivity contribution in [1.82, 2.24) is 0 Å². The van der Waals surface area contributed by atoms with Crippen LogP contribution in [-0.4, -0.2) is 33.3 Å². The molecule has 26 heavy (non-hydrogen) atoms. The lowest BCUT2D eigenvalue weighted by molar-refractivity contribution is 0.102. The molecule has 1 heterocycles. The van der Waals surface area contributed by atoms with Gasteiger partial charge in [0.2, 0.25) is 0 Å². The summed E-state index contributed by atoms with van der Waals surface area (Å²) in [5.41, 5.74) is 1.79. The molecule has 1 aliphatic rings. The van der Waals surface area contributed by atoms with Crippen molar-refractivity contribution in [1.29, 1.82) is 0 Å². The van der Waals surface area contributed by atoms with Gasteiger partial charge in [-0.2, -0.15) is 0 Å². The number of fused-ring (bicyclic) bond motifs is 1. The second-order valence-corrected chi connectivity index (χ2v) is 8.29. The van der Waals surface area contributed by atoms with Gasteiger partial charge < -0.3 is 14.8 Å². The highest BCUT2D eigenvalue weighted by Gasteiger charge is 2.23. The molecule has 1 N–H and O–H groups in total. The van der Waals surface area contributed by atoms with Gasteiger partial charge in [-0.05, 0) is 38.1 Å². The Kier molecular flexibility index (Phi) is 4.91. The average molecular weight is 375 g/mol. The summed E-state index contributed by atoms with van der Waals surface area (Å²) in [5, 5.41) is 2.80. The fraction of sp³-hybridized carbons (Fsp3) is 0.316. The lowest BCUT2D eigenvalue weighted by atomic mass is 10.1. The topological polar surface area (TPSA) is 81.7 Å². The summed E-state index contributed by atoms with van der Waals surface area (Å²) in [4.78, 5) is 12.7. The quantitative estimate of drug-likeness (QED) is 0.869. The van der Waals surface area contributed by atoms with Crippen molar-refractivity contribution in [2.75, 3.05) is 18.2 Å². The highest BCUT2D eigenvalue weighted by Crippen LogP contribution is 2.38. The SMILES string of the molecule is CCOc1cc2c(cc1NC(=O)c1cccc(S(C)(=O)=O)c1)O[C@H](C)C2. The minimum absolute atomic E-state index is 0.0804. The van der Waals surface area contributed by atoms with Crippen LogP contribution in [0.25, 0.3) is 0 Å².